The summed E-state index contributed by atoms with van der Waals surface area (Å²) in [6.45, 7) is 30.9. The molecule has 2 aliphatic heterocycles. The molecular weight excluding hydrogens is 675 g/mol. The minimum atomic E-state index is -1.98. The van der Waals surface area contributed by atoms with Gasteiger partial charge in [0.15, 0.2) is 8.32 Å². The first-order valence-corrected chi connectivity index (χ1v) is 23.4. The van der Waals surface area contributed by atoms with Crippen molar-refractivity contribution < 1.29 is 24.1 Å². The Morgan fingerprint density at radius 1 is 1.00 bits per heavy atom. The molecule has 3 fully saturated rings. The van der Waals surface area contributed by atoms with E-state index in [2.05, 4.69) is 92.9 Å². The van der Waals surface area contributed by atoms with Crippen LogP contribution in [0.4, 0.5) is 0 Å². The van der Waals surface area contributed by atoms with E-state index in [0.717, 1.165) is 43.4 Å². The van der Waals surface area contributed by atoms with Crippen LogP contribution < -0.4 is 0 Å². The van der Waals surface area contributed by atoms with Crippen LogP contribution in [0.2, 0.25) is 16.6 Å². The van der Waals surface area contributed by atoms with Gasteiger partial charge in [0.2, 0.25) is 0 Å². The second-order valence-corrected chi connectivity index (χ2v) is 26.3. The van der Waals surface area contributed by atoms with Gasteiger partial charge in [-0.25, -0.2) is 0 Å². The highest BCUT2D eigenvalue weighted by atomic mass is 28.4. The molecule has 9 rings (SSSR count). The maximum atomic E-state index is 13.2. The van der Waals surface area contributed by atoms with Gasteiger partial charge >= 0.3 is 0 Å². The zero-order valence-electron chi connectivity index (χ0n) is 34.4. The Hall–Kier alpha value is -1.74. The number of H-pyrrole nitrogens is 1. The Morgan fingerprint density at radius 3 is 2.36 bits per heavy atom. The fraction of sp³-hybridized carbons (Fsp3) is 0.739. The van der Waals surface area contributed by atoms with Crippen LogP contribution >= 0.6 is 0 Å². The van der Waals surface area contributed by atoms with Crippen LogP contribution in [0.15, 0.2) is 35.9 Å². The fourth-order valence-corrected chi connectivity index (χ4v) is 20.3. The Bertz CT molecular complexity index is 1870. The minimum absolute atomic E-state index is 0.0323. The molecule has 6 nitrogen and oxygen atoms in total. The largest absolute Gasteiger partial charge is 0.416 e. The highest BCUT2D eigenvalue weighted by Crippen LogP contribution is 2.74. The normalized spacial score (nSPS) is 42.1. The molecule has 3 saturated carbocycles. The highest BCUT2D eigenvalue weighted by Gasteiger charge is 2.73. The van der Waals surface area contributed by atoms with E-state index in [0.29, 0.717) is 46.7 Å². The molecule has 0 amide bonds. The number of aromatic amines is 1. The van der Waals surface area contributed by atoms with E-state index >= 15 is 0 Å². The number of hydrogen-bond acceptors (Lipinski definition) is 5. The van der Waals surface area contributed by atoms with Crippen molar-refractivity contribution in [1.82, 2.24) is 4.98 Å². The fourth-order valence-electron chi connectivity index (χ4n) is 14.8. The van der Waals surface area contributed by atoms with Crippen molar-refractivity contribution in [1.29, 1.82) is 0 Å². The molecule has 0 saturated heterocycles. The molecule has 3 N–H and O–H groups in total. The van der Waals surface area contributed by atoms with Gasteiger partial charge in [-0.3, -0.25) is 0 Å². The van der Waals surface area contributed by atoms with Crippen molar-refractivity contribution in [2.45, 2.75) is 178 Å². The number of aliphatic hydroxyl groups is 2. The molecule has 2 aromatic rings. The van der Waals surface area contributed by atoms with Gasteiger partial charge in [-0.2, -0.15) is 0 Å². The molecule has 53 heavy (non-hydrogen) atoms. The van der Waals surface area contributed by atoms with E-state index in [1.54, 1.807) is 5.56 Å². The predicted molar refractivity (Wildman–Crippen MR) is 215 cm³/mol. The summed E-state index contributed by atoms with van der Waals surface area (Å²) in [5.74, 6) is 2.29. The van der Waals surface area contributed by atoms with E-state index < -0.39 is 31.5 Å². The molecule has 0 radical (unpaired) electrons. The summed E-state index contributed by atoms with van der Waals surface area (Å²) in [6, 6.07) is 4.80. The number of rotatable bonds is 7. The van der Waals surface area contributed by atoms with Crippen molar-refractivity contribution in [3.8, 4) is 0 Å². The van der Waals surface area contributed by atoms with Crippen molar-refractivity contribution in [2.75, 3.05) is 6.61 Å². The lowest BCUT2D eigenvalue weighted by molar-refractivity contribution is -0.218. The summed E-state index contributed by atoms with van der Waals surface area (Å²) in [5, 5.41) is 25.8. The third-order valence-electron chi connectivity index (χ3n) is 17.5. The molecule has 7 heteroatoms. The Morgan fingerprint density at radius 2 is 1.70 bits per heavy atom. The monoisotopic (exact) mass is 741 g/mol. The van der Waals surface area contributed by atoms with Gasteiger partial charge in [-0.05, 0) is 134 Å². The number of fused-ring (bicyclic) bond motifs is 7. The van der Waals surface area contributed by atoms with Gasteiger partial charge in [0.05, 0.1) is 23.4 Å². The molecule has 1 aromatic carbocycles. The summed E-state index contributed by atoms with van der Waals surface area (Å²) in [4.78, 5) is 4.09. The number of ether oxygens (including phenoxy) is 2. The van der Waals surface area contributed by atoms with Crippen LogP contribution in [-0.2, 0) is 25.7 Å². The van der Waals surface area contributed by atoms with Gasteiger partial charge < -0.3 is 29.1 Å². The van der Waals surface area contributed by atoms with Crippen molar-refractivity contribution in [3.63, 3.8) is 0 Å². The second kappa shape index (κ2) is 11.7. The standard InChI is InChI=1S/C46H67NO5Si/c1-23(2)40-34(48)21-31-35(51-40)16-17-44(11)45(12)30(15-18-46(31,44)49)41-39-38-33(47-42(39)45)14-13-27-19-28(22-50-53(24(3)4,25(5)6)26(7)8)29-20-32(37(29)36(27)38)43(9,10)52-41/h13-14,21,24-26,28-30,32,34-35,37,40-41,47-49H,1,15-20,22H2,2-12H3/t28-,29-,30+,32+,34-,35-,37+,40-,41+,44-,45-,46-/m1/s1. The second-order valence-electron chi connectivity index (χ2n) is 20.8. The molecule has 1 aromatic heterocycles. The van der Waals surface area contributed by atoms with Crippen molar-refractivity contribution in [3.05, 3.63) is 58.3 Å². The smallest absolute Gasteiger partial charge is 0.200 e. The third-order valence-corrected chi connectivity index (χ3v) is 23.6. The number of aromatic nitrogens is 1. The Balaban J connectivity index is 1.16. The zero-order chi connectivity index (χ0) is 37.9. The maximum absolute atomic E-state index is 13.2. The van der Waals surface area contributed by atoms with E-state index in [9.17, 15) is 10.2 Å². The van der Waals surface area contributed by atoms with Crippen LogP contribution in [0.1, 0.15) is 143 Å². The van der Waals surface area contributed by atoms with Crippen LogP contribution in [0, 0.1) is 29.1 Å². The minimum Gasteiger partial charge on any atom is -0.416 e. The SMILES string of the molecule is C=C(C)[C@H]1O[C@@H]2CC[C@@]3(C)[C@@](O)(CC[C@H]4[C@@H]5OC(C)(C)[C@H]6C[C@@H]7[C@@H](CO[Si](C(C)C)(C(C)C)C(C)C)Cc8ccc9[nH]c(c5c9c8[C@@H]76)[C@@]43C)C2=C[C@H]1O. The highest BCUT2D eigenvalue weighted by molar-refractivity contribution is 6.77. The number of aliphatic hydroxyl groups excluding tert-OH is 1. The van der Waals surface area contributed by atoms with Gasteiger partial charge in [0.1, 0.15) is 12.2 Å². The topological polar surface area (TPSA) is 83.9 Å². The zero-order valence-corrected chi connectivity index (χ0v) is 35.4. The summed E-state index contributed by atoms with van der Waals surface area (Å²) < 4.78 is 21.5. The average Bonchev–Trinajstić information content (AvgIpc) is 3.54. The number of nitrogens with one attached hydrogen (secondary N) is 1. The predicted octanol–water partition coefficient (Wildman–Crippen LogP) is 9.95. The average molecular weight is 742 g/mol. The maximum Gasteiger partial charge on any atom is 0.200 e. The van der Waals surface area contributed by atoms with Crippen LogP contribution in [-0.4, -0.2) is 59.6 Å². The Kier molecular flexibility index (Phi) is 8.11. The number of benzene rings is 1. The lowest BCUT2D eigenvalue weighted by Crippen LogP contribution is -2.68. The molecular formula is C46H67NO5Si. The first-order chi connectivity index (χ1) is 24.8. The van der Waals surface area contributed by atoms with E-state index in [-0.39, 0.29) is 29.1 Å². The molecule has 5 aliphatic carbocycles. The lowest BCUT2D eigenvalue weighted by Gasteiger charge is -2.65. The molecule has 0 bridgehead atoms. The van der Waals surface area contributed by atoms with E-state index in [1.165, 1.54) is 34.1 Å². The van der Waals surface area contributed by atoms with Crippen molar-refractivity contribution >= 4 is 19.2 Å². The van der Waals surface area contributed by atoms with Gasteiger partial charge in [-0.1, -0.05) is 68.0 Å². The quantitative estimate of drug-likeness (QED) is 0.194. The summed E-state index contributed by atoms with van der Waals surface area (Å²) in [5.41, 5.74) is 8.24. The molecule has 0 unspecified atom stereocenters. The Labute approximate surface area is 319 Å². The van der Waals surface area contributed by atoms with Gasteiger partial charge in [0, 0.05) is 45.5 Å². The van der Waals surface area contributed by atoms with E-state index in [4.69, 9.17) is 13.9 Å². The first-order valence-electron chi connectivity index (χ1n) is 21.3. The van der Waals surface area contributed by atoms with Crippen LogP contribution in [0.25, 0.3) is 10.9 Å². The van der Waals surface area contributed by atoms with Crippen LogP contribution in [0.3, 0.4) is 0 Å². The van der Waals surface area contributed by atoms with Crippen LogP contribution in [0.5, 0.6) is 0 Å². The van der Waals surface area contributed by atoms with Gasteiger partial charge in [-0.15, -0.1) is 0 Å². The molecule has 0 spiro atoms. The molecule has 12 atom stereocenters. The summed E-state index contributed by atoms with van der Waals surface area (Å²) in [6.07, 6.45) is 5.89. The lowest BCUT2D eigenvalue weighted by atomic mass is 9.42. The molecule has 290 valence electrons. The molecule has 3 heterocycles. The van der Waals surface area contributed by atoms with Gasteiger partial charge in [0.25, 0.3) is 0 Å². The van der Waals surface area contributed by atoms with E-state index in [1.807, 2.05) is 13.0 Å². The molecule has 7 aliphatic rings. The van der Waals surface area contributed by atoms with Crippen molar-refractivity contribution in [2.24, 2.45) is 29.1 Å². The first kappa shape index (κ1) is 36.9. The summed E-state index contributed by atoms with van der Waals surface area (Å²) >= 11 is 0. The number of hydrogen-bond donors (Lipinski definition) is 3. The summed E-state index contributed by atoms with van der Waals surface area (Å²) in [7, 11) is -1.98. The third kappa shape index (κ3) is 4.45.